The van der Waals surface area contributed by atoms with E-state index in [1.54, 1.807) is 11.3 Å². The van der Waals surface area contributed by atoms with Gasteiger partial charge in [-0.05, 0) is 23.9 Å². The molecule has 2 heterocycles. The van der Waals surface area contributed by atoms with Crippen LogP contribution in [0, 0.1) is 0 Å². The van der Waals surface area contributed by atoms with Crippen LogP contribution in [0.4, 0.5) is 9.80 Å². The van der Waals surface area contributed by atoms with Gasteiger partial charge in [-0.25, -0.2) is 4.79 Å². The zero-order valence-electron chi connectivity index (χ0n) is 12.2. The molecule has 1 aromatic heterocycles. The molecule has 0 saturated carbocycles. The molecular formula is C14H22N4O2S. The zero-order valence-corrected chi connectivity index (χ0v) is 13.1. The molecule has 116 valence electrons. The predicted octanol–water partition coefficient (Wildman–Crippen LogP) is 1.23. The molecule has 0 bridgehead atoms. The zero-order chi connectivity index (χ0) is 15.2. The topological polar surface area (TPSA) is 78.7 Å². The smallest absolute Gasteiger partial charge is 0.312 e. The van der Waals surface area contributed by atoms with E-state index in [1.165, 1.54) is 5.00 Å². The van der Waals surface area contributed by atoms with Crippen molar-refractivity contribution in [3.05, 3.63) is 17.5 Å². The first-order chi connectivity index (χ1) is 10.1. The van der Waals surface area contributed by atoms with E-state index < -0.39 is 12.1 Å². The number of carbonyl (C=O) groups excluding carboxylic acids is 2. The van der Waals surface area contributed by atoms with E-state index in [1.807, 2.05) is 17.9 Å². The monoisotopic (exact) mass is 310 g/mol. The van der Waals surface area contributed by atoms with Gasteiger partial charge in [-0.2, -0.15) is 0 Å². The van der Waals surface area contributed by atoms with Crippen LogP contribution in [-0.2, 0) is 4.79 Å². The van der Waals surface area contributed by atoms with Crippen LogP contribution in [0.15, 0.2) is 17.5 Å². The second kappa shape index (κ2) is 7.31. The molecule has 0 aromatic carbocycles. The largest absolute Gasteiger partial charge is 0.360 e. The number of urea groups is 1. The molecule has 21 heavy (non-hydrogen) atoms. The standard InChI is InChI=1S/C14H22N4O2S/c1-2-4-11(16-14(15)20)13(19)18-8-6-17(7-9-18)12-5-3-10-21-12/h3,5,10-11H,2,4,6-9H2,1H3,(H3,15,16,20)/t11-/m1/s1. The third-order valence-corrected chi connectivity index (χ3v) is 4.53. The van der Waals surface area contributed by atoms with Crippen molar-refractivity contribution in [3.63, 3.8) is 0 Å². The minimum absolute atomic E-state index is 0.0264. The van der Waals surface area contributed by atoms with Gasteiger partial charge in [-0.1, -0.05) is 13.3 Å². The third-order valence-electron chi connectivity index (χ3n) is 3.60. The number of nitrogens with one attached hydrogen (secondary N) is 1. The molecule has 0 aliphatic carbocycles. The summed E-state index contributed by atoms with van der Waals surface area (Å²) in [6.45, 7) is 4.98. The lowest BCUT2D eigenvalue weighted by Gasteiger charge is -2.36. The summed E-state index contributed by atoms with van der Waals surface area (Å²) in [7, 11) is 0. The van der Waals surface area contributed by atoms with Crippen LogP contribution in [0.3, 0.4) is 0 Å². The summed E-state index contributed by atoms with van der Waals surface area (Å²) in [4.78, 5) is 27.6. The lowest BCUT2D eigenvalue weighted by molar-refractivity contribution is -0.133. The molecule has 1 aliphatic rings. The molecule has 0 unspecified atom stereocenters. The number of piperazine rings is 1. The maximum absolute atomic E-state index is 12.5. The van der Waals surface area contributed by atoms with Crippen molar-refractivity contribution in [2.75, 3.05) is 31.1 Å². The van der Waals surface area contributed by atoms with Gasteiger partial charge in [0.2, 0.25) is 5.91 Å². The minimum Gasteiger partial charge on any atom is -0.360 e. The highest BCUT2D eigenvalue weighted by molar-refractivity contribution is 7.14. The van der Waals surface area contributed by atoms with E-state index in [9.17, 15) is 9.59 Å². The van der Waals surface area contributed by atoms with E-state index in [2.05, 4.69) is 21.7 Å². The molecule has 3 amide bonds. The van der Waals surface area contributed by atoms with Crippen LogP contribution in [-0.4, -0.2) is 49.1 Å². The highest BCUT2D eigenvalue weighted by Crippen LogP contribution is 2.22. The fraction of sp³-hybridized carbons (Fsp3) is 0.571. The summed E-state index contributed by atoms with van der Waals surface area (Å²) < 4.78 is 0. The molecule has 2 rings (SSSR count). The molecule has 6 nitrogen and oxygen atoms in total. The second-order valence-electron chi connectivity index (χ2n) is 5.11. The van der Waals surface area contributed by atoms with Crippen LogP contribution in [0.25, 0.3) is 0 Å². The van der Waals surface area contributed by atoms with Crippen molar-refractivity contribution >= 4 is 28.3 Å². The Morgan fingerprint density at radius 2 is 2.10 bits per heavy atom. The molecule has 1 aromatic rings. The quantitative estimate of drug-likeness (QED) is 0.858. The maximum Gasteiger partial charge on any atom is 0.312 e. The normalized spacial score (nSPS) is 16.6. The Kier molecular flexibility index (Phi) is 5.44. The van der Waals surface area contributed by atoms with Gasteiger partial charge >= 0.3 is 6.03 Å². The number of nitrogens with zero attached hydrogens (tertiary/aromatic N) is 2. The number of nitrogens with two attached hydrogens (primary N) is 1. The Labute approximate surface area is 128 Å². The average molecular weight is 310 g/mol. The summed E-state index contributed by atoms with van der Waals surface area (Å²) in [6.07, 6.45) is 1.44. The van der Waals surface area contributed by atoms with Gasteiger partial charge in [0.25, 0.3) is 0 Å². The molecule has 7 heteroatoms. The second-order valence-corrected chi connectivity index (χ2v) is 6.04. The highest BCUT2D eigenvalue weighted by Gasteiger charge is 2.27. The van der Waals surface area contributed by atoms with E-state index >= 15 is 0 Å². The van der Waals surface area contributed by atoms with E-state index in [-0.39, 0.29) is 5.91 Å². The number of amides is 3. The maximum atomic E-state index is 12.5. The van der Waals surface area contributed by atoms with E-state index in [0.717, 1.165) is 19.5 Å². The van der Waals surface area contributed by atoms with E-state index in [0.29, 0.717) is 19.5 Å². The lowest BCUT2D eigenvalue weighted by atomic mass is 10.1. The molecule has 1 aliphatic heterocycles. The molecule has 0 radical (unpaired) electrons. The molecule has 1 fully saturated rings. The summed E-state index contributed by atoms with van der Waals surface area (Å²) in [5, 5.41) is 5.85. The van der Waals surface area contributed by atoms with Crippen molar-refractivity contribution in [1.82, 2.24) is 10.2 Å². The van der Waals surface area contributed by atoms with Crippen LogP contribution in [0.5, 0.6) is 0 Å². The van der Waals surface area contributed by atoms with Crippen molar-refractivity contribution in [2.45, 2.75) is 25.8 Å². The van der Waals surface area contributed by atoms with Gasteiger partial charge in [-0.15, -0.1) is 11.3 Å². The van der Waals surface area contributed by atoms with Gasteiger partial charge in [0.1, 0.15) is 6.04 Å². The molecule has 1 atom stereocenters. The Balaban J connectivity index is 1.90. The van der Waals surface area contributed by atoms with Crippen molar-refractivity contribution < 1.29 is 9.59 Å². The fourth-order valence-electron chi connectivity index (χ4n) is 2.54. The Bertz CT molecular complexity index is 469. The van der Waals surface area contributed by atoms with Gasteiger partial charge in [0, 0.05) is 26.2 Å². The van der Waals surface area contributed by atoms with Gasteiger partial charge in [-0.3, -0.25) is 4.79 Å². The van der Waals surface area contributed by atoms with Crippen molar-refractivity contribution in [3.8, 4) is 0 Å². The number of primary amides is 1. The van der Waals surface area contributed by atoms with Crippen LogP contribution in [0.2, 0.25) is 0 Å². The number of rotatable bonds is 5. The number of hydrogen-bond acceptors (Lipinski definition) is 4. The van der Waals surface area contributed by atoms with Crippen LogP contribution in [0.1, 0.15) is 19.8 Å². The summed E-state index contributed by atoms with van der Waals surface area (Å²) in [5.41, 5.74) is 5.15. The van der Waals surface area contributed by atoms with Crippen LogP contribution >= 0.6 is 11.3 Å². The third kappa shape index (κ3) is 4.10. The molecular weight excluding hydrogens is 288 g/mol. The summed E-state index contributed by atoms with van der Waals surface area (Å²) in [5.74, 6) is -0.0264. The Hall–Kier alpha value is -1.76. The predicted molar refractivity (Wildman–Crippen MR) is 84.5 cm³/mol. The number of thiophene rings is 1. The number of anilines is 1. The van der Waals surface area contributed by atoms with Gasteiger partial charge in [0.05, 0.1) is 5.00 Å². The highest BCUT2D eigenvalue weighted by atomic mass is 32.1. The Morgan fingerprint density at radius 3 is 2.62 bits per heavy atom. The first-order valence-corrected chi connectivity index (χ1v) is 8.13. The first-order valence-electron chi connectivity index (χ1n) is 7.25. The average Bonchev–Trinajstić information content (AvgIpc) is 3.00. The van der Waals surface area contributed by atoms with E-state index in [4.69, 9.17) is 5.73 Å². The van der Waals surface area contributed by atoms with Crippen LogP contribution < -0.4 is 16.0 Å². The minimum atomic E-state index is -0.640. The lowest BCUT2D eigenvalue weighted by Crippen LogP contribution is -2.55. The molecule has 0 spiro atoms. The van der Waals surface area contributed by atoms with Gasteiger partial charge < -0.3 is 20.9 Å². The van der Waals surface area contributed by atoms with Gasteiger partial charge in [0.15, 0.2) is 0 Å². The summed E-state index contributed by atoms with van der Waals surface area (Å²) >= 11 is 1.71. The number of carbonyl (C=O) groups is 2. The Morgan fingerprint density at radius 1 is 1.38 bits per heavy atom. The molecule has 3 N–H and O–H groups in total. The number of hydrogen-bond donors (Lipinski definition) is 2. The molecule has 1 saturated heterocycles. The van der Waals surface area contributed by atoms with Crippen molar-refractivity contribution in [2.24, 2.45) is 5.73 Å². The summed E-state index contributed by atoms with van der Waals surface area (Å²) in [6, 6.07) is 2.99. The first kappa shape index (κ1) is 15.6. The fourth-order valence-corrected chi connectivity index (χ4v) is 3.32. The van der Waals surface area contributed by atoms with Crippen molar-refractivity contribution in [1.29, 1.82) is 0 Å². The SMILES string of the molecule is CCC[C@@H](NC(N)=O)C(=O)N1CCN(c2cccs2)CC1.